The number of nitrogens with zero attached hydrogens (tertiary/aromatic N) is 1. The van der Waals surface area contributed by atoms with Crippen LogP contribution in [-0.2, 0) is 16.0 Å². The summed E-state index contributed by atoms with van der Waals surface area (Å²) in [5.74, 6) is 0.0592. The average molecular weight is 323 g/mol. The lowest BCUT2D eigenvalue weighted by molar-refractivity contribution is -0.132. The second-order valence-corrected chi connectivity index (χ2v) is 6.11. The number of halogens is 1. The minimum atomic E-state index is -0.134. The molecule has 1 N–H and O–H groups in total. The van der Waals surface area contributed by atoms with Gasteiger partial charge in [0.1, 0.15) is 5.88 Å². The molecule has 1 aliphatic rings. The summed E-state index contributed by atoms with van der Waals surface area (Å²) in [5, 5.41) is 2.88. The van der Waals surface area contributed by atoms with E-state index in [9.17, 15) is 9.59 Å². The Hall–Kier alpha value is -1.55. The highest BCUT2D eigenvalue weighted by atomic mass is 35.5. The lowest BCUT2D eigenvalue weighted by Crippen LogP contribution is -2.46. The number of aryl methyl sites for hydroxylation is 2. The van der Waals surface area contributed by atoms with E-state index in [-0.39, 0.29) is 23.7 Å². The number of piperidine rings is 1. The van der Waals surface area contributed by atoms with E-state index in [0.717, 1.165) is 19.3 Å². The fraction of sp³-hybridized carbons (Fsp3) is 0.529. The van der Waals surface area contributed by atoms with Gasteiger partial charge in [0.25, 0.3) is 0 Å². The maximum Gasteiger partial charge on any atom is 0.235 e. The van der Waals surface area contributed by atoms with Gasteiger partial charge in [0, 0.05) is 25.6 Å². The predicted octanol–water partition coefficient (Wildman–Crippen LogP) is 2.27. The van der Waals surface area contributed by atoms with Gasteiger partial charge in [-0.15, -0.1) is 11.6 Å². The van der Waals surface area contributed by atoms with Gasteiger partial charge in [0.05, 0.1) is 0 Å². The number of hydrogen-bond acceptors (Lipinski definition) is 2. The molecule has 0 spiro atoms. The van der Waals surface area contributed by atoms with Crippen molar-refractivity contribution < 1.29 is 9.59 Å². The highest BCUT2D eigenvalue weighted by molar-refractivity contribution is 6.27. The highest BCUT2D eigenvalue weighted by Crippen LogP contribution is 2.13. The van der Waals surface area contributed by atoms with E-state index in [1.165, 1.54) is 11.1 Å². The normalized spacial score (nSPS) is 15.6. The second kappa shape index (κ2) is 8.18. The molecule has 0 aromatic heterocycles. The predicted molar refractivity (Wildman–Crippen MR) is 88.0 cm³/mol. The fourth-order valence-electron chi connectivity index (χ4n) is 2.70. The number of amides is 2. The third kappa shape index (κ3) is 5.02. The smallest absolute Gasteiger partial charge is 0.235 e. The van der Waals surface area contributed by atoms with Crippen molar-refractivity contribution >= 4 is 23.4 Å². The number of carbonyl (C=O) groups is 2. The quantitative estimate of drug-likeness (QED) is 0.845. The zero-order valence-electron chi connectivity index (χ0n) is 13.0. The molecule has 2 amide bonds. The molecule has 1 aromatic rings. The van der Waals surface area contributed by atoms with E-state index in [2.05, 4.69) is 36.5 Å². The van der Waals surface area contributed by atoms with Gasteiger partial charge in [-0.05, 0) is 31.7 Å². The van der Waals surface area contributed by atoms with E-state index in [1.807, 2.05) is 4.90 Å². The maximum absolute atomic E-state index is 12.2. The van der Waals surface area contributed by atoms with Crippen LogP contribution in [0.15, 0.2) is 24.3 Å². The number of rotatable bonds is 5. The maximum atomic E-state index is 12.2. The van der Waals surface area contributed by atoms with Crippen molar-refractivity contribution in [1.82, 2.24) is 10.2 Å². The molecule has 1 aliphatic heterocycles. The SMILES string of the molecule is Cc1ccc(CCC(=O)N2CCC(NC(=O)CCl)CC2)cc1. The first-order valence-corrected chi connectivity index (χ1v) is 8.30. The number of alkyl halides is 1. The molecule has 0 unspecified atom stereocenters. The van der Waals surface area contributed by atoms with Gasteiger partial charge < -0.3 is 10.2 Å². The van der Waals surface area contributed by atoms with Gasteiger partial charge in [-0.2, -0.15) is 0 Å². The van der Waals surface area contributed by atoms with Crippen molar-refractivity contribution in [2.24, 2.45) is 0 Å². The topological polar surface area (TPSA) is 49.4 Å². The molecule has 0 radical (unpaired) electrons. The first kappa shape index (κ1) is 16.8. The molecule has 0 aliphatic carbocycles. The zero-order valence-corrected chi connectivity index (χ0v) is 13.7. The lowest BCUT2D eigenvalue weighted by atomic mass is 10.0. The van der Waals surface area contributed by atoms with E-state index in [4.69, 9.17) is 11.6 Å². The Morgan fingerprint density at radius 1 is 1.23 bits per heavy atom. The molecule has 1 saturated heterocycles. The van der Waals surface area contributed by atoms with Gasteiger partial charge >= 0.3 is 0 Å². The van der Waals surface area contributed by atoms with Crippen LogP contribution in [0, 0.1) is 6.92 Å². The van der Waals surface area contributed by atoms with Crippen LogP contribution < -0.4 is 5.32 Å². The molecule has 120 valence electrons. The van der Waals surface area contributed by atoms with Gasteiger partial charge in [-0.25, -0.2) is 0 Å². The first-order valence-electron chi connectivity index (χ1n) is 7.77. The summed E-state index contributed by atoms with van der Waals surface area (Å²) in [7, 11) is 0. The fourth-order valence-corrected chi connectivity index (χ4v) is 2.78. The Bertz CT molecular complexity index is 508. The van der Waals surface area contributed by atoms with E-state index < -0.39 is 0 Å². The largest absolute Gasteiger partial charge is 0.352 e. The Morgan fingerprint density at radius 3 is 2.45 bits per heavy atom. The van der Waals surface area contributed by atoms with Crippen LogP contribution in [0.4, 0.5) is 0 Å². The Balaban J connectivity index is 1.73. The molecule has 2 rings (SSSR count). The van der Waals surface area contributed by atoms with Crippen LogP contribution in [0.1, 0.15) is 30.4 Å². The zero-order chi connectivity index (χ0) is 15.9. The molecule has 4 nitrogen and oxygen atoms in total. The van der Waals surface area contributed by atoms with Crippen LogP contribution in [0.5, 0.6) is 0 Å². The third-order valence-electron chi connectivity index (χ3n) is 4.08. The molecule has 1 fully saturated rings. The summed E-state index contributed by atoms with van der Waals surface area (Å²) in [5.41, 5.74) is 2.43. The molecular weight excluding hydrogens is 300 g/mol. The summed E-state index contributed by atoms with van der Waals surface area (Å²) in [6, 6.07) is 8.45. The minimum Gasteiger partial charge on any atom is -0.352 e. The van der Waals surface area contributed by atoms with Crippen molar-refractivity contribution in [3.63, 3.8) is 0 Å². The van der Waals surface area contributed by atoms with Crippen molar-refractivity contribution in [3.8, 4) is 0 Å². The Labute approximate surface area is 136 Å². The number of likely N-dealkylation sites (tertiary alicyclic amines) is 1. The van der Waals surface area contributed by atoms with Gasteiger partial charge in [-0.1, -0.05) is 29.8 Å². The molecule has 0 saturated carbocycles. The molecule has 0 atom stereocenters. The second-order valence-electron chi connectivity index (χ2n) is 5.84. The van der Waals surface area contributed by atoms with Crippen LogP contribution in [0.25, 0.3) is 0 Å². The molecule has 22 heavy (non-hydrogen) atoms. The molecular formula is C17H23ClN2O2. The monoisotopic (exact) mass is 322 g/mol. The summed E-state index contributed by atoms with van der Waals surface area (Å²) >= 11 is 5.48. The van der Waals surface area contributed by atoms with Crippen LogP contribution in [0.3, 0.4) is 0 Å². The number of benzene rings is 1. The molecule has 5 heteroatoms. The Kier molecular flexibility index (Phi) is 6.25. The van der Waals surface area contributed by atoms with E-state index in [1.54, 1.807) is 0 Å². The van der Waals surface area contributed by atoms with E-state index >= 15 is 0 Å². The van der Waals surface area contributed by atoms with Gasteiger partial charge in [0.2, 0.25) is 11.8 Å². The third-order valence-corrected chi connectivity index (χ3v) is 4.33. The summed E-state index contributed by atoms with van der Waals surface area (Å²) < 4.78 is 0. The number of nitrogens with one attached hydrogen (secondary N) is 1. The van der Waals surface area contributed by atoms with Crippen LogP contribution in [0.2, 0.25) is 0 Å². The number of hydrogen-bond donors (Lipinski definition) is 1. The van der Waals surface area contributed by atoms with Crippen molar-refractivity contribution in [3.05, 3.63) is 35.4 Å². The summed E-state index contributed by atoms with van der Waals surface area (Å²) in [6.45, 7) is 3.47. The average Bonchev–Trinajstić information content (AvgIpc) is 2.54. The van der Waals surface area contributed by atoms with Crippen molar-refractivity contribution in [2.45, 2.75) is 38.6 Å². The summed E-state index contributed by atoms with van der Waals surface area (Å²) in [6.07, 6.45) is 2.93. The lowest BCUT2D eigenvalue weighted by Gasteiger charge is -2.32. The number of carbonyl (C=O) groups excluding carboxylic acids is 2. The minimum absolute atomic E-state index is 0.00427. The van der Waals surface area contributed by atoms with E-state index in [0.29, 0.717) is 19.5 Å². The van der Waals surface area contributed by atoms with Crippen LogP contribution >= 0.6 is 11.6 Å². The van der Waals surface area contributed by atoms with Crippen molar-refractivity contribution in [2.75, 3.05) is 19.0 Å². The highest BCUT2D eigenvalue weighted by Gasteiger charge is 2.23. The Morgan fingerprint density at radius 2 is 1.86 bits per heavy atom. The standard InChI is InChI=1S/C17H23ClN2O2/c1-13-2-4-14(5-3-13)6-7-17(22)20-10-8-15(9-11-20)19-16(21)12-18/h2-5,15H,6-12H2,1H3,(H,19,21). The summed E-state index contributed by atoms with van der Waals surface area (Å²) in [4.78, 5) is 25.4. The van der Waals surface area contributed by atoms with Crippen LogP contribution in [-0.4, -0.2) is 41.7 Å². The van der Waals surface area contributed by atoms with Crippen molar-refractivity contribution in [1.29, 1.82) is 0 Å². The van der Waals surface area contributed by atoms with Gasteiger partial charge in [0.15, 0.2) is 0 Å². The molecule has 1 heterocycles. The first-order chi connectivity index (χ1) is 10.6. The molecule has 1 aromatic carbocycles. The molecule has 0 bridgehead atoms. The van der Waals surface area contributed by atoms with Gasteiger partial charge in [-0.3, -0.25) is 9.59 Å².